The molecule has 0 spiro atoms. The summed E-state index contributed by atoms with van der Waals surface area (Å²) in [6, 6.07) is 0. The molecular formula is C21H43N5. The zero-order chi connectivity index (χ0) is 19.6. The molecule has 2 N–H and O–H groups in total. The van der Waals surface area contributed by atoms with Gasteiger partial charge in [-0.15, -0.1) is 0 Å². The number of likely N-dealkylation sites (N-methyl/N-ethyl adjacent to an activating group) is 1. The summed E-state index contributed by atoms with van der Waals surface area (Å²) in [5.74, 6) is 0. The van der Waals surface area contributed by atoms with E-state index in [1.165, 1.54) is 51.3 Å². The van der Waals surface area contributed by atoms with Crippen LogP contribution in [0.2, 0.25) is 0 Å². The second kappa shape index (κ2) is 11.1. The predicted molar refractivity (Wildman–Crippen MR) is 113 cm³/mol. The van der Waals surface area contributed by atoms with E-state index in [-0.39, 0.29) is 5.54 Å². The lowest BCUT2D eigenvalue weighted by molar-refractivity contribution is 0.147. The minimum absolute atomic E-state index is 0.208. The number of nitrogens with zero attached hydrogens (tertiary/aromatic N) is 3. The van der Waals surface area contributed by atoms with Crippen LogP contribution in [0.4, 0.5) is 0 Å². The summed E-state index contributed by atoms with van der Waals surface area (Å²) in [6.45, 7) is 20.8. The number of hydrogen-bond donors (Lipinski definition) is 2. The fraction of sp³-hybridized carbons (Fsp3) is 0.857. The van der Waals surface area contributed by atoms with Crippen LogP contribution in [0.25, 0.3) is 0 Å². The molecule has 0 bridgehead atoms. The predicted octanol–water partition coefficient (Wildman–Crippen LogP) is 3.40. The number of aromatic amines is 1. The van der Waals surface area contributed by atoms with Gasteiger partial charge in [-0.3, -0.25) is 0 Å². The van der Waals surface area contributed by atoms with Gasteiger partial charge in [-0.2, -0.15) is 0 Å². The summed E-state index contributed by atoms with van der Waals surface area (Å²) in [6.07, 6.45) is 7.29. The Kier molecular flexibility index (Phi) is 9.83. The van der Waals surface area contributed by atoms with E-state index in [9.17, 15) is 0 Å². The Morgan fingerprint density at radius 2 is 1.73 bits per heavy atom. The number of imidazole rings is 1. The van der Waals surface area contributed by atoms with Crippen LogP contribution in [0.5, 0.6) is 0 Å². The minimum atomic E-state index is 0.208. The Balaban J connectivity index is 0.000000263. The summed E-state index contributed by atoms with van der Waals surface area (Å²) in [5, 5.41) is 3.41. The Hall–Kier alpha value is -0.910. The number of nitrogens with one attached hydrogen (secondary N) is 2. The molecule has 0 radical (unpaired) electrons. The molecule has 1 aromatic rings. The zero-order valence-electron chi connectivity index (χ0n) is 18.4. The van der Waals surface area contributed by atoms with Crippen molar-refractivity contribution in [1.29, 1.82) is 0 Å². The third kappa shape index (κ3) is 12.4. The van der Waals surface area contributed by atoms with Crippen molar-refractivity contribution in [3.8, 4) is 0 Å². The maximum absolute atomic E-state index is 3.95. The van der Waals surface area contributed by atoms with Gasteiger partial charge in [0.15, 0.2) is 0 Å². The van der Waals surface area contributed by atoms with Crippen molar-refractivity contribution in [3.05, 3.63) is 18.2 Å². The van der Waals surface area contributed by atoms with Crippen LogP contribution in [-0.4, -0.2) is 71.6 Å². The zero-order valence-corrected chi connectivity index (χ0v) is 18.4. The van der Waals surface area contributed by atoms with E-state index < -0.39 is 0 Å². The number of piperazine rings is 1. The van der Waals surface area contributed by atoms with Gasteiger partial charge in [0, 0.05) is 56.6 Å². The number of rotatable bonds is 6. The highest BCUT2D eigenvalue weighted by Gasteiger charge is 2.15. The standard InChI is InChI=1S/C12H26N2.C9H17N3/c1-12(2,3)6-5-7-14-10-8-13(4)9-11-14;1-9(2,3)12-5-4-8-6-10-7-11-8/h5-11H2,1-4H3;6-7,12H,4-5H2,1-3H3,(H,10,11). The van der Waals surface area contributed by atoms with Crippen molar-refractivity contribution in [2.45, 2.75) is 66.3 Å². The molecule has 1 fully saturated rings. The lowest BCUT2D eigenvalue weighted by atomic mass is 9.90. The highest BCUT2D eigenvalue weighted by atomic mass is 15.2. The van der Waals surface area contributed by atoms with Crippen LogP contribution >= 0.6 is 0 Å². The van der Waals surface area contributed by atoms with Gasteiger partial charge in [-0.1, -0.05) is 20.8 Å². The second-order valence-corrected chi connectivity index (χ2v) is 9.81. The molecule has 0 aliphatic carbocycles. The highest BCUT2D eigenvalue weighted by molar-refractivity contribution is 4.94. The van der Waals surface area contributed by atoms with Crippen LogP contribution < -0.4 is 5.32 Å². The molecule has 5 heteroatoms. The van der Waals surface area contributed by atoms with Gasteiger partial charge in [0.2, 0.25) is 0 Å². The molecule has 2 rings (SSSR count). The van der Waals surface area contributed by atoms with Crippen molar-refractivity contribution in [2.75, 3.05) is 46.3 Å². The van der Waals surface area contributed by atoms with E-state index in [0.29, 0.717) is 5.41 Å². The fourth-order valence-corrected chi connectivity index (χ4v) is 2.90. The molecule has 2 heterocycles. The Morgan fingerprint density at radius 3 is 2.23 bits per heavy atom. The summed E-state index contributed by atoms with van der Waals surface area (Å²) >= 11 is 0. The maximum atomic E-state index is 3.95. The largest absolute Gasteiger partial charge is 0.348 e. The van der Waals surface area contributed by atoms with E-state index >= 15 is 0 Å². The van der Waals surface area contributed by atoms with Crippen LogP contribution in [0, 0.1) is 5.41 Å². The first kappa shape index (κ1) is 23.1. The van der Waals surface area contributed by atoms with E-state index in [1.807, 2.05) is 6.20 Å². The molecule has 0 atom stereocenters. The molecule has 0 amide bonds. The monoisotopic (exact) mass is 365 g/mol. The summed E-state index contributed by atoms with van der Waals surface area (Å²) < 4.78 is 0. The van der Waals surface area contributed by atoms with Gasteiger partial charge in [0.05, 0.1) is 6.33 Å². The van der Waals surface area contributed by atoms with Crippen molar-refractivity contribution in [3.63, 3.8) is 0 Å². The van der Waals surface area contributed by atoms with Crippen molar-refractivity contribution in [1.82, 2.24) is 25.1 Å². The van der Waals surface area contributed by atoms with Crippen LogP contribution in [-0.2, 0) is 6.42 Å². The lowest BCUT2D eigenvalue weighted by Crippen LogP contribution is -2.44. The number of hydrogen-bond acceptors (Lipinski definition) is 4. The molecule has 1 aliphatic rings. The van der Waals surface area contributed by atoms with E-state index in [0.717, 1.165) is 13.0 Å². The number of H-pyrrole nitrogens is 1. The van der Waals surface area contributed by atoms with Crippen molar-refractivity contribution in [2.24, 2.45) is 5.41 Å². The maximum Gasteiger partial charge on any atom is 0.0921 e. The van der Waals surface area contributed by atoms with Gasteiger partial charge in [0.1, 0.15) is 0 Å². The third-order valence-corrected chi connectivity index (χ3v) is 4.60. The first-order valence-electron chi connectivity index (χ1n) is 10.2. The second-order valence-electron chi connectivity index (χ2n) is 9.81. The average Bonchev–Trinajstić information content (AvgIpc) is 3.01. The highest BCUT2D eigenvalue weighted by Crippen LogP contribution is 2.20. The molecule has 26 heavy (non-hydrogen) atoms. The van der Waals surface area contributed by atoms with Crippen molar-refractivity contribution >= 4 is 0 Å². The smallest absolute Gasteiger partial charge is 0.0921 e. The Bertz CT molecular complexity index is 448. The molecular weight excluding hydrogens is 322 g/mol. The van der Waals surface area contributed by atoms with Gasteiger partial charge in [-0.05, 0) is 52.6 Å². The molecule has 1 aliphatic heterocycles. The van der Waals surface area contributed by atoms with Crippen LogP contribution in [0.3, 0.4) is 0 Å². The Morgan fingerprint density at radius 1 is 1.08 bits per heavy atom. The normalized spacial score (nSPS) is 17.0. The van der Waals surface area contributed by atoms with Gasteiger partial charge in [0.25, 0.3) is 0 Å². The molecule has 1 saturated heterocycles. The fourth-order valence-electron chi connectivity index (χ4n) is 2.90. The minimum Gasteiger partial charge on any atom is -0.348 e. The van der Waals surface area contributed by atoms with Gasteiger partial charge >= 0.3 is 0 Å². The first-order chi connectivity index (χ1) is 12.1. The van der Waals surface area contributed by atoms with E-state index in [4.69, 9.17) is 0 Å². The lowest BCUT2D eigenvalue weighted by Gasteiger charge is -2.32. The quantitative estimate of drug-likeness (QED) is 0.811. The van der Waals surface area contributed by atoms with Gasteiger partial charge in [-0.25, -0.2) is 4.98 Å². The molecule has 1 aromatic heterocycles. The Labute approximate surface area is 161 Å². The van der Waals surface area contributed by atoms with Gasteiger partial charge < -0.3 is 20.1 Å². The molecule has 0 unspecified atom stereocenters. The SMILES string of the molecule is CC(C)(C)NCCc1cnc[nH]1.CN1CCN(CCCC(C)(C)C)CC1. The molecule has 0 saturated carbocycles. The summed E-state index contributed by atoms with van der Waals surface area (Å²) in [5.41, 5.74) is 1.90. The first-order valence-corrected chi connectivity index (χ1v) is 10.2. The summed E-state index contributed by atoms with van der Waals surface area (Å²) in [4.78, 5) is 12.0. The molecule has 5 nitrogen and oxygen atoms in total. The summed E-state index contributed by atoms with van der Waals surface area (Å²) in [7, 11) is 2.21. The number of aromatic nitrogens is 2. The van der Waals surface area contributed by atoms with E-state index in [1.54, 1.807) is 6.33 Å². The topological polar surface area (TPSA) is 47.2 Å². The average molecular weight is 366 g/mol. The van der Waals surface area contributed by atoms with Crippen LogP contribution in [0.15, 0.2) is 12.5 Å². The molecule has 0 aromatic carbocycles. The molecule has 152 valence electrons. The van der Waals surface area contributed by atoms with Crippen molar-refractivity contribution < 1.29 is 0 Å². The third-order valence-electron chi connectivity index (χ3n) is 4.60. The van der Waals surface area contributed by atoms with E-state index in [2.05, 4.69) is 73.7 Å². The van der Waals surface area contributed by atoms with Crippen LogP contribution in [0.1, 0.15) is 60.1 Å².